The van der Waals surface area contributed by atoms with Crippen molar-refractivity contribution in [2.24, 2.45) is 17.6 Å². The van der Waals surface area contributed by atoms with Crippen molar-refractivity contribution >= 4 is 17.9 Å². The maximum absolute atomic E-state index is 12.3. The molecule has 0 amide bonds. The lowest BCUT2D eigenvalue weighted by Crippen LogP contribution is -2.43. The van der Waals surface area contributed by atoms with Crippen LogP contribution in [0, 0.1) is 11.8 Å². The van der Waals surface area contributed by atoms with Crippen LogP contribution in [-0.2, 0) is 19.1 Å². The molecule has 1 aliphatic rings. The molecule has 0 spiro atoms. The lowest BCUT2D eigenvalue weighted by molar-refractivity contribution is -0.172. The molecule has 2 atom stereocenters. The van der Waals surface area contributed by atoms with Gasteiger partial charge in [0.1, 0.15) is 6.04 Å². The summed E-state index contributed by atoms with van der Waals surface area (Å²) >= 11 is 0. The third kappa shape index (κ3) is 5.29. The molecule has 0 heterocycles. The Morgan fingerprint density at radius 1 is 1.12 bits per heavy atom. The highest BCUT2D eigenvalue weighted by atomic mass is 16.7. The van der Waals surface area contributed by atoms with E-state index < -0.39 is 30.2 Å². The van der Waals surface area contributed by atoms with Crippen molar-refractivity contribution in [3.05, 3.63) is 35.9 Å². The fourth-order valence-electron chi connectivity index (χ4n) is 3.08. The lowest BCUT2D eigenvalue weighted by atomic mass is 9.79. The Morgan fingerprint density at radius 3 is 2.27 bits per heavy atom. The highest BCUT2D eigenvalue weighted by Gasteiger charge is 2.34. The molecule has 0 bridgehead atoms. The molecule has 1 saturated carbocycles. The molecule has 2 unspecified atom stereocenters. The first kappa shape index (κ1) is 19.9. The molecule has 3 N–H and O–H groups in total. The lowest BCUT2D eigenvalue weighted by Gasteiger charge is -2.30. The van der Waals surface area contributed by atoms with Crippen LogP contribution in [0.15, 0.2) is 30.3 Å². The van der Waals surface area contributed by atoms with Crippen molar-refractivity contribution in [1.82, 2.24) is 0 Å². The van der Waals surface area contributed by atoms with Gasteiger partial charge in [-0.3, -0.25) is 9.59 Å². The first-order valence-corrected chi connectivity index (χ1v) is 8.87. The minimum atomic E-state index is -1.00. The second-order valence-corrected chi connectivity index (χ2v) is 6.52. The Morgan fingerprint density at radius 2 is 1.73 bits per heavy atom. The van der Waals surface area contributed by atoms with Crippen LogP contribution in [0.25, 0.3) is 0 Å². The predicted octanol–water partition coefficient (Wildman–Crippen LogP) is 2.34. The van der Waals surface area contributed by atoms with Gasteiger partial charge in [-0.15, -0.1) is 0 Å². The Kier molecular flexibility index (Phi) is 7.15. The van der Waals surface area contributed by atoms with Crippen molar-refractivity contribution in [1.29, 1.82) is 0 Å². The van der Waals surface area contributed by atoms with Gasteiger partial charge < -0.3 is 20.3 Å². The minimum Gasteiger partial charge on any atom is -0.481 e. The van der Waals surface area contributed by atoms with Gasteiger partial charge in [0.05, 0.1) is 11.5 Å². The van der Waals surface area contributed by atoms with Crippen LogP contribution < -0.4 is 5.73 Å². The van der Waals surface area contributed by atoms with Gasteiger partial charge in [-0.1, -0.05) is 25.1 Å². The largest absolute Gasteiger partial charge is 0.481 e. The average Bonchev–Trinajstić information content (AvgIpc) is 2.67. The maximum atomic E-state index is 12.3. The van der Waals surface area contributed by atoms with E-state index in [-0.39, 0.29) is 11.8 Å². The summed E-state index contributed by atoms with van der Waals surface area (Å²) in [7, 11) is 0. The van der Waals surface area contributed by atoms with Crippen LogP contribution in [0.1, 0.15) is 49.4 Å². The first-order valence-electron chi connectivity index (χ1n) is 8.87. The number of carboxylic acid groups (broad SMARTS) is 1. The number of carbonyl (C=O) groups excluding carboxylic acids is 2. The van der Waals surface area contributed by atoms with Crippen molar-refractivity contribution in [2.75, 3.05) is 0 Å². The number of rotatable bonds is 7. The van der Waals surface area contributed by atoms with Crippen molar-refractivity contribution in [3.8, 4) is 0 Å². The molecule has 1 aliphatic carbocycles. The summed E-state index contributed by atoms with van der Waals surface area (Å²) in [5.41, 5.74) is 6.37. The Balaban J connectivity index is 1.86. The van der Waals surface area contributed by atoms with Crippen molar-refractivity contribution < 1.29 is 29.0 Å². The van der Waals surface area contributed by atoms with E-state index in [9.17, 15) is 14.4 Å². The summed E-state index contributed by atoms with van der Waals surface area (Å²) in [4.78, 5) is 35.4. The molecule has 7 heteroatoms. The molecule has 0 radical (unpaired) electrons. The number of ether oxygens (including phenoxy) is 2. The molecule has 1 aromatic carbocycles. The zero-order valence-electron chi connectivity index (χ0n) is 14.8. The second-order valence-electron chi connectivity index (χ2n) is 6.52. The SMILES string of the molecule is CCC(OC(=O)c1ccccc1)OC(=O)C(N)[C@H]1CC[C@H](C(=O)O)CC1. The zero-order valence-corrected chi connectivity index (χ0v) is 14.8. The summed E-state index contributed by atoms with van der Waals surface area (Å²) in [5, 5.41) is 9.03. The minimum absolute atomic E-state index is 0.125. The van der Waals surface area contributed by atoms with E-state index in [1.54, 1.807) is 37.3 Å². The van der Waals surface area contributed by atoms with Gasteiger partial charge in [-0.25, -0.2) is 4.79 Å². The van der Waals surface area contributed by atoms with E-state index in [4.69, 9.17) is 20.3 Å². The van der Waals surface area contributed by atoms with Gasteiger partial charge in [0.15, 0.2) is 0 Å². The highest BCUT2D eigenvalue weighted by molar-refractivity contribution is 5.89. The maximum Gasteiger partial charge on any atom is 0.341 e. The molecule has 1 aromatic rings. The van der Waals surface area contributed by atoms with E-state index in [1.807, 2.05) is 0 Å². The summed E-state index contributed by atoms with van der Waals surface area (Å²) in [6.45, 7) is 1.74. The number of carbonyl (C=O) groups is 3. The predicted molar refractivity (Wildman–Crippen MR) is 93.1 cm³/mol. The number of nitrogens with two attached hydrogens (primary N) is 1. The van der Waals surface area contributed by atoms with E-state index in [0.717, 1.165) is 0 Å². The monoisotopic (exact) mass is 363 g/mol. The fraction of sp³-hybridized carbons (Fsp3) is 0.526. The van der Waals surface area contributed by atoms with Gasteiger partial charge in [0.2, 0.25) is 6.29 Å². The number of esters is 2. The third-order valence-corrected chi connectivity index (χ3v) is 4.73. The molecule has 7 nitrogen and oxygen atoms in total. The second kappa shape index (κ2) is 9.33. The van der Waals surface area contributed by atoms with Gasteiger partial charge in [0.25, 0.3) is 0 Å². The van der Waals surface area contributed by atoms with E-state index >= 15 is 0 Å². The zero-order chi connectivity index (χ0) is 19.1. The van der Waals surface area contributed by atoms with E-state index in [1.165, 1.54) is 0 Å². The summed E-state index contributed by atoms with van der Waals surface area (Å²) in [5.74, 6) is -2.50. The molecule has 26 heavy (non-hydrogen) atoms. The Hall–Kier alpha value is -2.41. The third-order valence-electron chi connectivity index (χ3n) is 4.73. The highest BCUT2D eigenvalue weighted by Crippen LogP contribution is 2.31. The van der Waals surface area contributed by atoms with Crippen LogP contribution in [-0.4, -0.2) is 35.3 Å². The summed E-state index contributed by atoms with van der Waals surface area (Å²) in [6, 6.07) is 7.59. The number of hydrogen-bond donors (Lipinski definition) is 2. The Bertz CT molecular complexity index is 624. The van der Waals surface area contributed by atoms with Gasteiger partial charge in [0, 0.05) is 6.42 Å². The van der Waals surface area contributed by atoms with E-state index in [0.29, 0.717) is 37.7 Å². The van der Waals surface area contributed by atoms with Crippen LogP contribution in [0.4, 0.5) is 0 Å². The number of aliphatic carboxylic acids is 1. The average molecular weight is 363 g/mol. The molecule has 142 valence electrons. The summed E-state index contributed by atoms with van der Waals surface area (Å²) < 4.78 is 10.5. The number of hydrogen-bond acceptors (Lipinski definition) is 6. The normalized spacial score (nSPS) is 22.1. The molecule has 0 saturated heterocycles. The molecular formula is C19H25NO6. The van der Waals surface area contributed by atoms with Crippen LogP contribution in [0.3, 0.4) is 0 Å². The smallest absolute Gasteiger partial charge is 0.341 e. The van der Waals surface area contributed by atoms with Crippen molar-refractivity contribution in [3.63, 3.8) is 0 Å². The number of carboxylic acids is 1. The standard InChI is InChI=1S/C19H25NO6/c1-2-15(25-18(23)14-6-4-3-5-7-14)26-19(24)16(20)12-8-10-13(11-9-12)17(21)22/h3-7,12-13,15-16H,2,8-11,20H2,1H3,(H,21,22)/t12-,13-,15?,16?. The molecule has 1 fully saturated rings. The Labute approximate surface area is 152 Å². The molecule has 0 aromatic heterocycles. The molecular weight excluding hydrogens is 338 g/mol. The van der Waals surface area contributed by atoms with Gasteiger partial charge in [-0.05, 0) is 43.7 Å². The van der Waals surface area contributed by atoms with Crippen LogP contribution >= 0.6 is 0 Å². The van der Waals surface area contributed by atoms with Gasteiger partial charge >= 0.3 is 17.9 Å². The van der Waals surface area contributed by atoms with Crippen molar-refractivity contribution in [2.45, 2.75) is 51.4 Å². The van der Waals surface area contributed by atoms with Crippen LogP contribution in [0.2, 0.25) is 0 Å². The quantitative estimate of drug-likeness (QED) is 0.564. The van der Waals surface area contributed by atoms with Gasteiger partial charge in [-0.2, -0.15) is 0 Å². The van der Waals surface area contributed by atoms with E-state index in [2.05, 4.69) is 0 Å². The number of benzene rings is 1. The first-order chi connectivity index (χ1) is 12.4. The molecule has 0 aliphatic heterocycles. The molecule has 2 rings (SSSR count). The fourth-order valence-corrected chi connectivity index (χ4v) is 3.08. The summed E-state index contributed by atoms with van der Waals surface area (Å²) in [6.07, 6.45) is 1.43. The topological polar surface area (TPSA) is 116 Å². The van der Waals surface area contributed by atoms with Crippen LogP contribution in [0.5, 0.6) is 0 Å².